The number of carbonyl (C=O) groups excluding carboxylic acids is 4. The predicted molar refractivity (Wildman–Crippen MR) is 281 cm³/mol. The molecule has 73 heavy (non-hydrogen) atoms. The van der Waals surface area contributed by atoms with Crippen molar-refractivity contribution in [2.24, 2.45) is 0 Å². The van der Waals surface area contributed by atoms with Crippen LogP contribution >= 0.6 is 46.4 Å². The van der Waals surface area contributed by atoms with Gasteiger partial charge in [0.2, 0.25) is 10.0 Å². The lowest BCUT2D eigenvalue weighted by molar-refractivity contribution is -0.144. The number of nitrogens with zero attached hydrogens (tertiary/aromatic N) is 3. The van der Waals surface area contributed by atoms with Gasteiger partial charge in [0, 0.05) is 36.1 Å². The Morgan fingerprint density at radius 2 is 0.904 bits per heavy atom. The van der Waals surface area contributed by atoms with Crippen molar-refractivity contribution in [3.8, 4) is 34.5 Å². The van der Waals surface area contributed by atoms with Gasteiger partial charge in [-0.05, 0) is 101 Å². The van der Waals surface area contributed by atoms with Crippen molar-refractivity contribution < 1.29 is 65.5 Å². The molecule has 0 bridgehead atoms. The van der Waals surface area contributed by atoms with Gasteiger partial charge in [-0.15, -0.1) is 0 Å². The summed E-state index contributed by atoms with van der Waals surface area (Å²) in [7, 11) is -0.803. The van der Waals surface area contributed by atoms with Crippen LogP contribution in [0.25, 0.3) is 0 Å². The topological polar surface area (TPSA) is 186 Å². The molecule has 1 fully saturated rings. The number of hydrogen-bond donors (Lipinski definition) is 0. The minimum absolute atomic E-state index is 0.0247. The maximum absolute atomic E-state index is 13.4. The van der Waals surface area contributed by atoms with Crippen molar-refractivity contribution in [3.05, 3.63) is 86.3 Å². The summed E-state index contributed by atoms with van der Waals surface area (Å²) in [6.45, 7) is 13.8. The second kappa shape index (κ2) is 28.3. The number of anilines is 2. The Balaban J connectivity index is 0.000000320. The summed E-state index contributed by atoms with van der Waals surface area (Å²) in [5.74, 6) is -0.0974. The summed E-state index contributed by atoms with van der Waals surface area (Å²) in [5.41, 5.74) is 1.60. The molecule has 0 aromatic heterocycles. The van der Waals surface area contributed by atoms with Gasteiger partial charge >= 0.3 is 23.9 Å². The number of carbonyl (C=O) groups is 4. The van der Waals surface area contributed by atoms with Crippen molar-refractivity contribution >= 4 is 91.7 Å². The molecule has 0 spiro atoms. The van der Waals surface area contributed by atoms with Crippen LogP contribution in [-0.4, -0.2) is 117 Å². The van der Waals surface area contributed by atoms with Crippen LogP contribution in [0.2, 0.25) is 20.1 Å². The largest absolute Gasteiger partial charge is 0.496 e. The number of benzene rings is 4. The third-order valence-corrected chi connectivity index (χ3v) is 13.7. The number of hydrogen-bond acceptors (Lipinski definition) is 16. The average molecular weight is 1120 g/mol. The molecule has 4 aromatic carbocycles. The predicted octanol–water partition coefficient (Wildman–Crippen LogP) is 10.9. The van der Waals surface area contributed by atoms with Crippen LogP contribution in [0.1, 0.15) is 73.3 Å². The number of piperidine rings is 1. The van der Waals surface area contributed by atoms with Gasteiger partial charge in [0.25, 0.3) is 0 Å². The Kier molecular flexibility index (Phi) is 23.4. The smallest absolute Gasteiger partial charge is 0.325 e. The molecule has 17 nitrogen and oxygen atoms in total. The maximum Gasteiger partial charge on any atom is 0.325 e. The first-order valence-electron chi connectivity index (χ1n) is 23.4. The molecule has 0 unspecified atom stereocenters. The normalized spacial score (nSPS) is 12.6. The molecule has 0 N–H and O–H groups in total. The molecule has 0 aliphatic carbocycles. The SMILES string of the molecule is CCOC(=O)CN(CC(=O)OCC)c1cc(Cl)c(Oc2ccc(OC)c(C(C)(C)C)c2)c(Cl)c1.CCOC(=O)CN(CC(=O)OCC)c1cc(Cl)c(Oc2ccc(OC)c(S(=O)(=O)N3CCCCC3)c2)c(Cl)c1. The minimum Gasteiger partial charge on any atom is -0.496 e. The molecule has 400 valence electrons. The van der Waals surface area contributed by atoms with E-state index in [4.69, 9.17) is 84.3 Å². The van der Waals surface area contributed by atoms with E-state index >= 15 is 0 Å². The van der Waals surface area contributed by atoms with Crippen molar-refractivity contribution in [3.63, 3.8) is 0 Å². The molecule has 22 heteroatoms. The molecule has 0 amide bonds. The van der Waals surface area contributed by atoms with Crippen LogP contribution in [0, 0.1) is 0 Å². The van der Waals surface area contributed by atoms with Crippen molar-refractivity contribution in [1.82, 2.24) is 4.31 Å². The molecule has 4 aromatic rings. The first-order valence-corrected chi connectivity index (χ1v) is 26.4. The van der Waals surface area contributed by atoms with Crippen LogP contribution in [0.5, 0.6) is 34.5 Å². The van der Waals surface area contributed by atoms with Crippen LogP contribution in [0.15, 0.2) is 65.6 Å². The highest BCUT2D eigenvalue weighted by Gasteiger charge is 2.30. The molecule has 0 atom stereocenters. The summed E-state index contributed by atoms with van der Waals surface area (Å²) in [6, 6.07) is 16.0. The Morgan fingerprint density at radius 1 is 0.548 bits per heavy atom. The molecule has 1 aliphatic heterocycles. The fourth-order valence-electron chi connectivity index (χ4n) is 7.32. The number of ether oxygens (including phenoxy) is 8. The van der Waals surface area contributed by atoms with Gasteiger partial charge in [-0.1, -0.05) is 73.6 Å². The van der Waals surface area contributed by atoms with E-state index in [1.54, 1.807) is 59.1 Å². The van der Waals surface area contributed by atoms with E-state index in [0.29, 0.717) is 30.2 Å². The zero-order chi connectivity index (χ0) is 54.0. The third kappa shape index (κ3) is 17.4. The highest BCUT2D eigenvalue weighted by Crippen LogP contribution is 2.44. The lowest BCUT2D eigenvalue weighted by Gasteiger charge is -2.26. The monoisotopic (exact) mass is 1110 g/mol. The highest BCUT2D eigenvalue weighted by molar-refractivity contribution is 7.89. The third-order valence-electron chi connectivity index (χ3n) is 10.7. The summed E-state index contributed by atoms with van der Waals surface area (Å²) in [4.78, 5) is 51.4. The molecular formula is C51H63Cl4N3O14S. The standard InChI is InChI=1S/C26H32Cl2N2O8S.C25H31Cl2NO6/c1-4-36-24(31)16-29(17-25(32)37-5-2)18-13-20(27)26(21(28)14-18)38-19-9-10-22(35-3)23(15-19)39(33,34)30-11-7-6-8-12-30;1-7-32-22(29)14-28(15-23(30)33-8-2)16-11-19(26)24(20(27)12-16)34-17-9-10-21(31-6)18(13-17)25(3,4)5/h9-10,13-15H,4-8,11-12,16-17H2,1-3H3;9-13H,7-8,14-15H2,1-6H3. The highest BCUT2D eigenvalue weighted by atomic mass is 35.5. The summed E-state index contributed by atoms with van der Waals surface area (Å²) < 4.78 is 71.0. The Bertz CT molecular complexity index is 2570. The van der Waals surface area contributed by atoms with E-state index in [0.717, 1.165) is 30.6 Å². The first kappa shape index (κ1) is 60.2. The van der Waals surface area contributed by atoms with Crippen molar-refractivity contribution in [2.45, 2.75) is 78.0 Å². The minimum atomic E-state index is -3.82. The average Bonchev–Trinajstić information content (AvgIpc) is 3.33. The number of halogens is 4. The first-order chi connectivity index (χ1) is 34.6. The Labute approximate surface area is 447 Å². The number of sulfonamides is 1. The van der Waals surface area contributed by atoms with Crippen molar-refractivity contribution in [1.29, 1.82) is 0 Å². The van der Waals surface area contributed by atoms with Crippen LogP contribution in [0.4, 0.5) is 11.4 Å². The fourth-order valence-corrected chi connectivity index (χ4v) is 10.1. The van der Waals surface area contributed by atoms with Gasteiger partial charge in [-0.2, -0.15) is 4.31 Å². The summed E-state index contributed by atoms with van der Waals surface area (Å²) in [6.07, 6.45) is 2.56. The van der Waals surface area contributed by atoms with Gasteiger partial charge in [0.05, 0.1) is 60.7 Å². The molecule has 5 rings (SSSR count). The van der Waals surface area contributed by atoms with Gasteiger partial charge < -0.3 is 47.7 Å². The molecule has 0 saturated carbocycles. The number of esters is 4. The van der Waals surface area contributed by atoms with Crippen LogP contribution in [0.3, 0.4) is 0 Å². The van der Waals surface area contributed by atoms with E-state index in [9.17, 15) is 27.6 Å². The van der Waals surface area contributed by atoms with Gasteiger partial charge in [0.15, 0.2) is 11.5 Å². The quantitative estimate of drug-likeness (QED) is 0.0534. The van der Waals surface area contributed by atoms with Gasteiger partial charge in [-0.3, -0.25) is 19.2 Å². The number of methoxy groups -OCH3 is 2. The second-order valence-electron chi connectivity index (χ2n) is 17.0. The fraction of sp³-hybridized carbons (Fsp3) is 0.451. The van der Waals surface area contributed by atoms with Crippen LogP contribution < -0.4 is 28.7 Å². The molecule has 1 saturated heterocycles. The number of rotatable bonds is 22. The summed E-state index contributed by atoms with van der Waals surface area (Å²) in [5, 5.41) is 0.583. The molecule has 1 heterocycles. The Morgan fingerprint density at radius 3 is 1.25 bits per heavy atom. The molecule has 0 radical (unpaired) electrons. The zero-order valence-electron chi connectivity index (χ0n) is 42.4. The molecule has 1 aliphatic rings. The lowest BCUT2D eigenvalue weighted by atomic mass is 9.86. The molecular weight excluding hydrogens is 1050 g/mol. The van der Waals surface area contributed by atoms with E-state index in [1.807, 2.05) is 12.1 Å². The summed E-state index contributed by atoms with van der Waals surface area (Å²) >= 11 is 26.1. The van der Waals surface area contributed by atoms with Gasteiger partial charge in [0.1, 0.15) is 54.1 Å². The van der Waals surface area contributed by atoms with E-state index in [1.165, 1.54) is 45.5 Å². The van der Waals surface area contributed by atoms with Crippen LogP contribution in [-0.2, 0) is 53.6 Å². The van der Waals surface area contributed by atoms with E-state index < -0.39 is 33.9 Å². The lowest BCUT2D eigenvalue weighted by Crippen LogP contribution is -2.36. The van der Waals surface area contributed by atoms with E-state index in [-0.39, 0.29) is 106 Å². The zero-order valence-corrected chi connectivity index (χ0v) is 46.3. The van der Waals surface area contributed by atoms with Gasteiger partial charge in [-0.25, -0.2) is 8.42 Å². The Hall–Kier alpha value is -5.37. The second-order valence-corrected chi connectivity index (χ2v) is 20.5. The van der Waals surface area contributed by atoms with Crippen molar-refractivity contribution in [2.75, 3.05) is 89.7 Å². The van der Waals surface area contributed by atoms with E-state index in [2.05, 4.69) is 20.8 Å². The maximum atomic E-state index is 13.4.